The van der Waals surface area contributed by atoms with Crippen molar-refractivity contribution < 1.29 is 4.79 Å². The summed E-state index contributed by atoms with van der Waals surface area (Å²) in [4.78, 5) is 14.8. The summed E-state index contributed by atoms with van der Waals surface area (Å²) in [5.74, 6) is 0.110. The predicted octanol–water partition coefficient (Wildman–Crippen LogP) is 1.98. The minimum atomic E-state index is 0.110. The van der Waals surface area contributed by atoms with E-state index < -0.39 is 0 Å². The molecule has 1 aliphatic rings. The van der Waals surface area contributed by atoms with Gasteiger partial charge in [0.1, 0.15) is 5.69 Å². The molecule has 1 amide bonds. The van der Waals surface area contributed by atoms with E-state index in [1.807, 2.05) is 24.9 Å². The third kappa shape index (κ3) is 2.70. The molecule has 0 bridgehead atoms. The summed E-state index contributed by atoms with van der Waals surface area (Å²) >= 11 is 3.60. The SMILES string of the molecule is CCc1cc(C(=O)N2CCC(Br)CC2)n(C)n1. The second kappa shape index (κ2) is 5.21. The van der Waals surface area contributed by atoms with Crippen LogP contribution in [0.15, 0.2) is 6.07 Å². The highest BCUT2D eigenvalue weighted by Crippen LogP contribution is 2.19. The maximum absolute atomic E-state index is 12.3. The molecule has 4 nitrogen and oxygen atoms in total. The first-order chi connectivity index (χ1) is 8.11. The molecular formula is C12H18BrN3O. The molecule has 0 saturated carbocycles. The Kier molecular flexibility index (Phi) is 3.86. The number of halogens is 1. The highest BCUT2D eigenvalue weighted by atomic mass is 79.9. The average molecular weight is 300 g/mol. The molecule has 0 aromatic carbocycles. The topological polar surface area (TPSA) is 38.1 Å². The second-order valence-electron chi connectivity index (χ2n) is 4.46. The lowest BCUT2D eigenvalue weighted by Gasteiger charge is -2.29. The zero-order valence-corrected chi connectivity index (χ0v) is 11.9. The zero-order chi connectivity index (χ0) is 12.4. The van der Waals surface area contributed by atoms with Gasteiger partial charge < -0.3 is 4.90 Å². The van der Waals surface area contributed by atoms with Gasteiger partial charge in [0.25, 0.3) is 5.91 Å². The number of aryl methyl sites for hydroxylation is 2. The molecule has 1 aliphatic heterocycles. The number of alkyl halides is 1. The van der Waals surface area contributed by atoms with Gasteiger partial charge in [0.2, 0.25) is 0 Å². The predicted molar refractivity (Wildman–Crippen MR) is 70.4 cm³/mol. The number of carbonyl (C=O) groups excluding carboxylic acids is 1. The van der Waals surface area contributed by atoms with Crippen molar-refractivity contribution in [2.24, 2.45) is 7.05 Å². The molecular weight excluding hydrogens is 282 g/mol. The van der Waals surface area contributed by atoms with Crippen LogP contribution in [0.5, 0.6) is 0 Å². The zero-order valence-electron chi connectivity index (χ0n) is 10.3. The molecule has 2 rings (SSSR count). The van der Waals surface area contributed by atoms with E-state index in [2.05, 4.69) is 21.0 Å². The molecule has 1 saturated heterocycles. The van der Waals surface area contributed by atoms with E-state index in [9.17, 15) is 4.79 Å². The van der Waals surface area contributed by atoms with Crippen LogP contribution in [0, 0.1) is 0 Å². The molecule has 1 fully saturated rings. The standard InChI is InChI=1S/C12H18BrN3O/c1-3-10-8-11(15(2)14-10)12(17)16-6-4-9(13)5-7-16/h8-9H,3-7H2,1-2H3. The first-order valence-corrected chi connectivity index (χ1v) is 6.99. The maximum Gasteiger partial charge on any atom is 0.272 e. The Bertz CT molecular complexity index is 408. The first-order valence-electron chi connectivity index (χ1n) is 6.08. The Balaban J connectivity index is 2.11. The largest absolute Gasteiger partial charge is 0.337 e. The molecule has 0 spiro atoms. The van der Waals surface area contributed by atoms with Crippen molar-refractivity contribution in [1.29, 1.82) is 0 Å². The highest BCUT2D eigenvalue weighted by Gasteiger charge is 2.24. The van der Waals surface area contributed by atoms with Crippen molar-refractivity contribution in [3.63, 3.8) is 0 Å². The van der Waals surface area contributed by atoms with E-state index >= 15 is 0 Å². The molecule has 94 valence electrons. The molecule has 1 aromatic rings. The summed E-state index contributed by atoms with van der Waals surface area (Å²) in [5, 5.41) is 4.32. The normalized spacial score (nSPS) is 17.5. The Morgan fingerprint density at radius 3 is 2.71 bits per heavy atom. The third-order valence-electron chi connectivity index (χ3n) is 3.22. The van der Waals surface area contributed by atoms with E-state index in [-0.39, 0.29) is 5.91 Å². The van der Waals surface area contributed by atoms with Crippen LogP contribution in [0.1, 0.15) is 35.9 Å². The van der Waals surface area contributed by atoms with Crippen molar-refractivity contribution in [1.82, 2.24) is 14.7 Å². The molecule has 0 N–H and O–H groups in total. The summed E-state index contributed by atoms with van der Waals surface area (Å²) in [7, 11) is 1.84. The smallest absolute Gasteiger partial charge is 0.272 e. The van der Waals surface area contributed by atoms with Crippen LogP contribution in [0.4, 0.5) is 0 Å². The average Bonchev–Trinajstić information content (AvgIpc) is 2.71. The lowest BCUT2D eigenvalue weighted by molar-refractivity contribution is 0.0717. The Morgan fingerprint density at radius 2 is 2.18 bits per heavy atom. The third-order valence-corrected chi connectivity index (χ3v) is 4.14. The fourth-order valence-electron chi connectivity index (χ4n) is 2.11. The fourth-order valence-corrected chi connectivity index (χ4v) is 2.52. The Hall–Kier alpha value is -0.840. The van der Waals surface area contributed by atoms with Crippen molar-refractivity contribution in [2.45, 2.75) is 31.0 Å². The van der Waals surface area contributed by atoms with Gasteiger partial charge in [-0.05, 0) is 25.3 Å². The molecule has 17 heavy (non-hydrogen) atoms. The van der Waals surface area contributed by atoms with Crippen LogP contribution < -0.4 is 0 Å². The maximum atomic E-state index is 12.3. The van der Waals surface area contributed by atoms with Gasteiger partial charge in [0.15, 0.2) is 0 Å². The van der Waals surface area contributed by atoms with E-state index in [1.165, 1.54) is 0 Å². The van der Waals surface area contributed by atoms with Crippen LogP contribution in [-0.2, 0) is 13.5 Å². The summed E-state index contributed by atoms with van der Waals surface area (Å²) in [6.45, 7) is 3.72. The van der Waals surface area contributed by atoms with Gasteiger partial charge in [-0.2, -0.15) is 5.10 Å². The van der Waals surface area contributed by atoms with Gasteiger partial charge in [-0.1, -0.05) is 22.9 Å². The molecule has 0 atom stereocenters. The number of nitrogens with zero attached hydrogens (tertiary/aromatic N) is 3. The number of aromatic nitrogens is 2. The molecule has 0 radical (unpaired) electrons. The van der Waals surface area contributed by atoms with Crippen molar-refractivity contribution in [3.05, 3.63) is 17.5 Å². The number of rotatable bonds is 2. The number of carbonyl (C=O) groups is 1. The highest BCUT2D eigenvalue weighted by molar-refractivity contribution is 9.09. The Labute approximate surface area is 110 Å². The van der Waals surface area contributed by atoms with E-state index in [4.69, 9.17) is 0 Å². The van der Waals surface area contributed by atoms with Gasteiger partial charge in [-0.3, -0.25) is 9.48 Å². The number of hydrogen-bond donors (Lipinski definition) is 0. The quantitative estimate of drug-likeness (QED) is 0.783. The van der Waals surface area contributed by atoms with E-state index in [0.29, 0.717) is 10.5 Å². The molecule has 0 aliphatic carbocycles. The van der Waals surface area contributed by atoms with E-state index in [0.717, 1.165) is 38.0 Å². The number of hydrogen-bond acceptors (Lipinski definition) is 2. The van der Waals surface area contributed by atoms with E-state index in [1.54, 1.807) is 4.68 Å². The number of piperidine rings is 1. The second-order valence-corrected chi connectivity index (χ2v) is 5.76. The lowest BCUT2D eigenvalue weighted by atomic mass is 10.1. The summed E-state index contributed by atoms with van der Waals surface area (Å²) in [6, 6.07) is 1.91. The number of likely N-dealkylation sites (tertiary alicyclic amines) is 1. The van der Waals surface area contributed by atoms with Crippen LogP contribution in [-0.4, -0.2) is 38.5 Å². The Morgan fingerprint density at radius 1 is 1.53 bits per heavy atom. The molecule has 2 heterocycles. The van der Waals surface area contributed by atoms with Crippen LogP contribution in [0.2, 0.25) is 0 Å². The van der Waals surface area contributed by atoms with Gasteiger partial charge in [-0.15, -0.1) is 0 Å². The summed E-state index contributed by atoms with van der Waals surface area (Å²) < 4.78 is 1.70. The minimum absolute atomic E-state index is 0.110. The van der Waals surface area contributed by atoms with Gasteiger partial charge in [-0.25, -0.2) is 0 Å². The van der Waals surface area contributed by atoms with Crippen LogP contribution in [0.3, 0.4) is 0 Å². The van der Waals surface area contributed by atoms with Crippen LogP contribution in [0.25, 0.3) is 0 Å². The van der Waals surface area contributed by atoms with Crippen molar-refractivity contribution >= 4 is 21.8 Å². The van der Waals surface area contributed by atoms with Gasteiger partial charge in [0, 0.05) is 25.0 Å². The summed E-state index contributed by atoms with van der Waals surface area (Å²) in [6.07, 6.45) is 2.93. The van der Waals surface area contributed by atoms with Crippen LogP contribution >= 0.6 is 15.9 Å². The van der Waals surface area contributed by atoms with Crippen molar-refractivity contribution in [3.8, 4) is 0 Å². The monoisotopic (exact) mass is 299 g/mol. The van der Waals surface area contributed by atoms with Gasteiger partial charge in [0.05, 0.1) is 5.69 Å². The van der Waals surface area contributed by atoms with Crippen molar-refractivity contribution in [2.75, 3.05) is 13.1 Å². The summed E-state index contributed by atoms with van der Waals surface area (Å²) in [5.41, 5.74) is 1.68. The van der Waals surface area contributed by atoms with Gasteiger partial charge >= 0.3 is 0 Å². The number of amides is 1. The molecule has 1 aromatic heterocycles. The molecule has 5 heteroatoms. The first kappa shape index (κ1) is 12.6. The lowest BCUT2D eigenvalue weighted by Crippen LogP contribution is -2.39. The minimum Gasteiger partial charge on any atom is -0.337 e. The molecule has 0 unspecified atom stereocenters. The fraction of sp³-hybridized carbons (Fsp3) is 0.667.